The summed E-state index contributed by atoms with van der Waals surface area (Å²) in [6.45, 7) is 0.326. The summed E-state index contributed by atoms with van der Waals surface area (Å²) >= 11 is 0. The summed E-state index contributed by atoms with van der Waals surface area (Å²) in [5, 5.41) is 31.2. The van der Waals surface area contributed by atoms with Crippen molar-refractivity contribution in [1.29, 1.82) is 0 Å². The second kappa shape index (κ2) is 4.57. The fourth-order valence-corrected chi connectivity index (χ4v) is 1.76. The van der Waals surface area contributed by atoms with E-state index in [1.165, 1.54) is 18.5 Å². The Morgan fingerprint density at radius 2 is 1.95 bits per heavy atom. The van der Waals surface area contributed by atoms with Crippen LogP contribution in [0.4, 0.5) is 5.95 Å². The zero-order valence-corrected chi connectivity index (χ0v) is 10.2. The van der Waals surface area contributed by atoms with Crippen LogP contribution in [-0.4, -0.2) is 35.3 Å². The molecule has 0 aliphatic carbocycles. The summed E-state index contributed by atoms with van der Waals surface area (Å²) < 4.78 is 0. The number of fused-ring (bicyclic) bond motifs is 1. The number of H-pyrrole nitrogens is 1. The number of phenolic OH excluding ortho intramolecular Hbond substituents is 2. The zero-order valence-electron chi connectivity index (χ0n) is 10.2. The average molecular weight is 273 g/mol. The highest BCUT2D eigenvalue weighted by molar-refractivity contribution is 5.76. The fraction of sp³-hybridized carbons (Fsp3) is 0.0833. The van der Waals surface area contributed by atoms with E-state index in [-0.39, 0.29) is 23.3 Å². The molecule has 102 valence electrons. The zero-order chi connectivity index (χ0) is 14.1. The summed E-state index contributed by atoms with van der Waals surface area (Å²) in [6, 6.07) is 4.47. The highest BCUT2D eigenvalue weighted by Crippen LogP contribution is 2.25. The molecule has 0 aliphatic rings. The predicted octanol–water partition coefficient (Wildman–Crippen LogP) is 1.08. The molecule has 3 rings (SSSR count). The fourth-order valence-electron chi connectivity index (χ4n) is 1.76. The van der Waals surface area contributed by atoms with Crippen LogP contribution in [0, 0.1) is 0 Å². The van der Waals surface area contributed by atoms with Crippen molar-refractivity contribution in [2.45, 2.75) is 6.54 Å². The van der Waals surface area contributed by atoms with Gasteiger partial charge in [-0.15, -0.1) is 0 Å². The number of phenols is 2. The lowest BCUT2D eigenvalue weighted by Gasteiger charge is -2.06. The summed E-state index contributed by atoms with van der Waals surface area (Å²) in [6.07, 6.45) is 1.42. The predicted molar refractivity (Wildman–Crippen MR) is 70.4 cm³/mol. The van der Waals surface area contributed by atoms with Crippen molar-refractivity contribution in [2.24, 2.45) is 0 Å². The van der Waals surface area contributed by atoms with Crippen LogP contribution in [0.15, 0.2) is 24.5 Å². The average Bonchev–Trinajstić information content (AvgIpc) is 2.89. The lowest BCUT2D eigenvalue weighted by Crippen LogP contribution is -2.03. The van der Waals surface area contributed by atoms with Crippen LogP contribution in [0.25, 0.3) is 11.2 Å². The van der Waals surface area contributed by atoms with Gasteiger partial charge in [-0.25, -0.2) is 4.98 Å². The summed E-state index contributed by atoms with van der Waals surface area (Å²) in [5.41, 5.74) is 1.46. The number of hydrogen-bond acceptors (Lipinski definition) is 7. The second-order valence-corrected chi connectivity index (χ2v) is 4.15. The van der Waals surface area contributed by atoms with Crippen LogP contribution >= 0.6 is 0 Å². The van der Waals surface area contributed by atoms with Crippen molar-refractivity contribution in [3.63, 3.8) is 0 Å². The molecule has 0 radical (unpaired) electrons. The molecule has 0 saturated carbocycles. The molecule has 5 N–H and O–H groups in total. The van der Waals surface area contributed by atoms with Crippen LogP contribution in [-0.2, 0) is 6.54 Å². The molecule has 0 bridgehead atoms. The quantitative estimate of drug-likeness (QED) is 0.452. The topological polar surface area (TPSA) is 127 Å². The molecule has 0 amide bonds. The first-order valence-electron chi connectivity index (χ1n) is 5.78. The van der Waals surface area contributed by atoms with E-state index in [9.17, 15) is 15.3 Å². The molecule has 0 unspecified atom stereocenters. The molecule has 0 aliphatic heterocycles. The van der Waals surface area contributed by atoms with E-state index in [0.717, 1.165) is 5.56 Å². The van der Waals surface area contributed by atoms with Crippen LogP contribution in [0.5, 0.6) is 17.4 Å². The van der Waals surface area contributed by atoms with E-state index in [1.54, 1.807) is 6.07 Å². The van der Waals surface area contributed by atoms with Crippen molar-refractivity contribution in [2.75, 3.05) is 5.32 Å². The van der Waals surface area contributed by atoms with Gasteiger partial charge >= 0.3 is 0 Å². The van der Waals surface area contributed by atoms with E-state index >= 15 is 0 Å². The van der Waals surface area contributed by atoms with Gasteiger partial charge in [-0.05, 0) is 17.7 Å². The van der Waals surface area contributed by atoms with E-state index in [0.29, 0.717) is 17.7 Å². The Morgan fingerprint density at radius 3 is 2.75 bits per heavy atom. The molecule has 0 saturated heterocycles. The Kier molecular flexibility index (Phi) is 2.75. The van der Waals surface area contributed by atoms with Gasteiger partial charge in [0.1, 0.15) is 0 Å². The van der Waals surface area contributed by atoms with Gasteiger partial charge in [0.05, 0.1) is 6.33 Å². The Labute approximate surface area is 112 Å². The van der Waals surface area contributed by atoms with Crippen LogP contribution in [0.3, 0.4) is 0 Å². The van der Waals surface area contributed by atoms with E-state index in [1.807, 2.05) is 0 Å². The molecule has 2 aromatic heterocycles. The number of nitrogens with one attached hydrogen (secondary N) is 2. The molecule has 1 aromatic carbocycles. The molecule has 0 spiro atoms. The first-order valence-corrected chi connectivity index (χ1v) is 5.78. The number of anilines is 1. The van der Waals surface area contributed by atoms with E-state index in [4.69, 9.17) is 0 Å². The summed E-state index contributed by atoms with van der Waals surface area (Å²) in [4.78, 5) is 14.7. The molecule has 0 atom stereocenters. The minimum absolute atomic E-state index is 0.179. The molecular weight excluding hydrogens is 262 g/mol. The van der Waals surface area contributed by atoms with Crippen LogP contribution < -0.4 is 5.32 Å². The molecule has 8 nitrogen and oxygen atoms in total. The third-order valence-electron chi connectivity index (χ3n) is 2.75. The monoisotopic (exact) mass is 273 g/mol. The molecule has 8 heteroatoms. The van der Waals surface area contributed by atoms with Gasteiger partial charge in [-0.3, -0.25) is 0 Å². The Hall–Kier alpha value is -3.03. The Bertz CT molecular complexity index is 771. The number of hydrogen-bond donors (Lipinski definition) is 5. The largest absolute Gasteiger partial charge is 0.504 e. The van der Waals surface area contributed by atoms with Crippen molar-refractivity contribution >= 4 is 17.1 Å². The lowest BCUT2D eigenvalue weighted by atomic mass is 10.2. The van der Waals surface area contributed by atoms with Gasteiger partial charge in [0, 0.05) is 6.54 Å². The van der Waals surface area contributed by atoms with E-state index < -0.39 is 0 Å². The third-order valence-corrected chi connectivity index (χ3v) is 2.75. The SMILES string of the molecule is Oc1ccc(CNc2nc(O)c3nc[nH]c3n2)cc1O. The van der Waals surface area contributed by atoms with Gasteiger partial charge in [-0.2, -0.15) is 9.97 Å². The number of nitrogens with zero attached hydrogens (tertiary/aromatic N) is 3. The van der Waals surface area contributed by atoms with Gasteiger partial charge in [-0.1, -0.05) is 6.07 Å². The lowest BCUT2D eigenvalue weighted by molar-refractivity contribution is 0.403. The summed E-state index contributed by atoms with van der Waals surface area (Å²) in [5.74, 6) is -0.363. The smallest absolute Gasteiger partial charge is 0.244 e. The van der Waals surface area contributed by atoms with Crippen molar-refractivity contribution < 1.29 is 15.3 Å². The van der Waals surface area contributed by atoms with Gasteiger partial charge < -0.3 is 25.6 Å². The molecule has 20 heavy (non-hydrogen) atoms. The highest BCUT2D eigenvalue weighted by Gasteiger charge is 2.08. The van der Waals surface area contributed by atoms with Crippen LogP contribution in [0.1, 0.15) is 5.56 Å². The Balaban J connectivity index is 1.80. The first-order chi connectivity index (χ1) is 9.63. The number of rotatable bonds is 3. The van der Waals surface area contributed by atoms with Crippen molar-refractivity contribution in [3.8, 4) is 17.4 Å². The molecule has 2 heterocycles. The standard InChI is InChI=1S/C12H11N5O3/c18-7-2-1-6(3-8(7)19)4-13-12-16-10-9(11(20)17-12)14-5-15-10/h1-3,5,18-19H,4H2,(H3,13,14,15,16,17,20). The number of benzene rings is 1. The minimum Gasteiger partial charge on any atom is -0.504 e. The van der Waals surface area contributed by atoms with Gasteiger partial charge in [0.15, 0.2) is 22.7 Å². The number of aromatic hydroxyl groups is 3. The van der Waals surface area contributed by atoms with Gasteiger partial charge in [0.2, 0.25) is 11.8 Å². The normalized spacial score (nSPS) is 10.8. The molecule has 0 fully saturated rings. The van der Waals surface area contributed by atoms with Gasteiger partial charge in [0.25, 0.3) is 0 Å². The Morgan fingerprint density at radius 1 is 1.10 bits per heavy atom. The van der Waals surface area contributed by atoms with Crippen molar-refractivity contribution in [1.82, 2.24) is 19.9 Å². The van der Waals surface area contributed by atoms with Crippen LogP contribution in [0.2, 0.25) is 0 Å². The molecular formula is C12H11N5O3. The third kappa shape index (κ3) is 2.14. The van der Waals surface area contributed by atoms with Crippen molar-refractivity contribution in [3.05, 3.63) is 30.1 Å². The second-order valence-electron chi connectivity index (χ2n) is 4.15. The number of imidazole rings is 1. The maximum atomic E-state index is 9.67. The summed E-state index contributed by atoms with van der Waals surface area (Å²) in [7, 11) is 0. The molecule has 3 aromatic rings. The number of aromatic amines is 1. The first kappa shape index (κ1) is 12.0. The maximum absolute atomic E-state index is 9.67. The highest BCUT2D eigenvalue weighted by atomic mass is 16.3. The van der Waals surface area contributed by atoms with E-state index in [2.05, 4.69) is 25.3 Å². The minimum atomic E-state index is -0.215. The maximum Gasteiger partial charge on any atom is 0.244 e. The number of aromatic nitrogens is 4.